The number of ether oxygens (including phenoxy) is 1. The van der Waals surface area contributed by atoms with E-state index in [1.807, 2.05) is 32.0 Å². The number of likely N-dealkylation sites (tertiary alicyclic amines) is 1. The van der Waals surface area contributed by atoms with Crippen LogP contribution in [0.3, 0.4) is 0 Å². The average Bonchev–Trinajstić information content (AvgIpc) is 2.48. The molecule has 120 valence electrons. The lowest BCUT2D eigenvalue weighted by molar-refractivity contribution is 0.0859. The van der Waals surface area contributed by atoms with E-state index in [4.69, 9.17) is 4.74 Å². The van der Waals surface area contributed by atoms with Crippen LogP contribution in [-0.2, 0) is 4.74 Å². The summed E-state index contributed by atoms with van der Waals surface area (Å²) in [6.45, 7) is 7.40. The number of piperidine rings is 1. The molecule has 0 aromatic heterocycles. The molecule has 0 atom stereocenters. The standard InChI is InChI=1S/C17H24N2O3/c1-4-22-17(21)19-9-7-14(8-10-19)18-16(20)15-6-5-12(2)11-13(15)3/h5-6,11,14H,4,7-10H2,1-3H3,(H,18,20). The van der Waals surface area contributed by atoms with Crippen molar-refractivity contribution in [2.75, 3.05) is 19.7 Å². The quantitative estimate of drug-likeness (QED) is 0.934. The van der Waals surface area contributed by atoms with Crippen LogP contribution in [0.15, 0.2) is 18.2 Å². The second-order valence-corrected chi connectivity index (χ2v) is 5.75. The minimum atomic E-state index is -0.262. The van der Waals surface area contributed by atoms with Gasteiger partial charge in [-0.3, -0.25) is 4.79 Å². The first-order chi connectivity index (χ1) is 10.5. The molecule has 22 heavy (non-hydrogen) atoms. The number of nitrogens with one attached hydrogen (secondary N) is 1. The van der Waals surface area contributed by atoms with Crippen LogP contribution >= 0.6 is 0 Å². The zero-order valence-corrected chi connectivity index (χ0v) is 13.5. The Morgan fingerprint density at radius 2 is 1.95 bits per heavy atom. The van der Waals surface area contributed by atoms with Gasteiger partial charge in [0, 0.05) is 24.7 Å². The Morgan fingerprint density at radius 1 is 1.27 bits per heavy atom. The highest BCUT2D eigenvalue weighted by Crippen LogP contribution is 2.14. The van der Waals surface area contributed by atoms with Crippen LogP contribution < -0.4 is 5.32 Å². The van der Waals surface area contributed by atoms with Gasteiger partial charge in [0.1, 0.15) is 0 Å². The van der Waals surface area contributed by atoms with Crippen LogP contribution in [0.25, 0.3) is 0 Å². The van der Waals surface area contributed by atoms with Crippen molar-refractivity contribution >= 4 is 12.0 Å². The SMILES string of the molecule is CCOC(=O)N1CCC(NC(=O)c2ccc(C)cc2C)CC1. The molecule has 1 fully saturated rings. The lowest BCUT2D eigenvalue weighted by Crippen LogP contribution is -2.46. The Kier molecular flexibility index (Phi) is 5.41. The molecule has 0 saturated carbocycles. The number of aryl methyl sites for hydroxylation is 2. The molecule has 0 radical (unpaired) electrons. The van der Waals surface area contributed by atoms with Gasteiger partial charge in [-0.15, -0.1) is 0 Å². The van der Waals surface area contributed by atoms with Gasteiger partial charge in [0.25, 0.3) is 5.91 Å². The van der Waals surface area contributed by atoms with E-state index in [2.05, 4.69) is 5.32 Å². The van der Waals surface area contributed by atoms with Crippen LogP contribution in [0.1, 0.15) is 41.3 Å². The summed E-state index contributed by atoms with van der Waals surface area (Å²) >= 11 is 0. The van der Waals surface area contributed by atoms with Crippen molar-refractivity contribution in [2.24, 2.45) is 0 Å². The topological polar surface area (TPSA) is 58.6 Å². The minimum absolute atomic E-state index is 0.0351. The lowest BCUT2D eigenvalue weighted by Gasteiger charge is -2.31. The summed E-state index contributed by atoms with van der Waals surface area (Å²) in [6.07, 6.45) is 1.26. The normalized spacial score (nSPS) is 15.5. The molecule has 0 aliphatic carbocycles. The Labute approximate surface area is 131 Å². The zero-order valence-electron chi connectivity index (χ0n) is 13.5. The van der Waals surface area contributed by atoms with Crippen molar-refractivity contribution in [3.05, 3.63) is 34.9 Å². The molecule has 1 heterocycles. The summed E-state index contributed by atoms with van der Waals surface area (Å²) < 4.78 is 4.99. The Morgan fingerprint density at radius 3 is 2.55 bits per heavy atom. The van der Waals surface area contributed by atoms with Crippen LogP contribution in [0, 0.1) is 13.8 Å². The maximum atomic E-state index is 12.3. The van der Waals surface area contributed by atoms with Gasteiger partial charge >= 0.3 is 6.09 Å². The van der Waals surface area contributed by atoms with E-state index < -0.39 is 0 Å². The van der Waals surface area contributed by atoms with Gasteiger partial charge in [-0.05, 0) is 45.2 Å². The molecular weight excluding hydrogens is 280 g/mol. The molecule has 5 heteroatoms. The van der Waals surface area contributed by atoms with Crippen LogP contribution in [0.2, 0.25) is 0 Å². The molecule has 2 amide bonds. The van der Waals surface area contributed by atoms with Crippen molar-refractivity contribution in [2.45, 2.75) is 39.7 Å². The van der Waals surface area contributed by atoms with Gasteiger partial charge in [0.2, 0.25) is 0 Å². The van der Waals surface area contributed by atoms with Crippen molar-refractivity contribution < 1.29 is 14.3 Å². The highest BCUT2D eigenvalue weighted by Gasteiger charge is 2.25. The number of benzene rings is 1. The van der Waals surface area contributed by atoms with Gasteiger partial charge in [0.15, 0.2) is 0 Å². The molecule has 1 N–H and O–H groups in total. The largest absolute Gasteiger partial charge is 0.450 e. The number of nitrogens with zero attached hydrogens (tertiary/aromatic N) is 1. The van der Waals surface area contributed by atoms with Gasteiger partial charge in [-0.25, -0.2) is 4.79 Å². The first-order valence-corrected chi connectivity index (χ1v) is 7.81. The number of rotatable bonds is 3. The van der Waals surface area contributed by atoms with Gasteiger partial charge in [-0.1, -0.05) is 17.7 Å². The van der Waals surface area contributed by atoms with Gasteiger partial charge < -0.3 is 15.0 Å². The summed E-state index contributed by atoms with van der Waals surface area (Å²) in [5, 5.41) is 3.07. The monoisotopic (exact) mass is 304 g/mol. The molecule has 2 rings (SSSR count). The number of hydrogen-bond acceptors (Lipinski definition) is 3. The fraction of sp³-hybridized carbons (Fsp3) is 0.529. The molecule has 1 aromatic carbocycles. The number of hydrogen-bond donors (Lipinski definition) is 1. The summed E-state index contributed by atoms with van der Waals surface area (Å²) in [4.78, 5) is 25.7. The Bertz CT molecular complexity index is 549. The third-order valence-electron chi connectivity index (χ3n) is 3.98. The van der Waals surface area contributed by atoms with Crippen molar-refractivity contribution in [1.82, 2.24) is 10.2 Å². The molecule has 5 nitrogen and oxygen atoms in total. The van der Waals surface area contributed by atoms with E-state index in [0.717, 1.165) is 29.5 Å². The lowest BCUT2D eigenvalue weighted by atomic mass is 10.0. The van der Waals surface area contributed by atoms with E-state index in [0.29, 0.717) is 19.7 Å². The summed E-state index contributed by atoms with van der Waals surface area (Å²) in [5.41, 5.74) is 2.86. The molecule has 1 aromatic rings. The van der Waals surface area contributed by atoms with Crippen LogP contribution in [0.5, 0.6) is 0 Å². The molecule has 0 spiro atoms. The maximum Gasteiger partial charge on any atom is 0.409 e. The number of amides is 2. The highest BCUT2D eigenvalue weighted by molar-refractivity contribution is 5.95. The van der Waals surface area contributed by atoms with Gasteiger partial charge in [0.05, 0.1) is 6.61 Å². The molecule has 1 aliphatic rings. The molecule has 1 aliphatic heterocycles. The van der Waals surface area contributed by atoms with Crippen LogP contribution in [-0.4, -0.2) is 42.6 Å². The van der Waals surface area contributed by atoms with E-state index >= 15 is 0 Å². The van der Waals surface area contributed by atoms with E-state index in [-0.39, 0.29) is 18.0 Å². The third kappa shape index (κ3) is 4.00. The predicted molar refractivity (Wildman–Crippen MR) is 85.0 cm³/mol. The molecule has 1 saturated heterocycles. The second-order valence-electron chi connectivity index (χ2n) is 5.75. The third-order valence-corrected chi connectivity index (χ3v) is 3.98. The number of carbonyl (C=O) groups is 2. The fourth-order valence-corrected chi connectivity index (χ4v) is 2.75. The Balaban J connectivity index is 1.88. The van der Waals surface area contributed by atoms with Gasteiger partial charge in [-0.2, -0.15) is 0 Å². The summed E-state index contributed by atoms with van der Waals surface area (Å²) in [6, 6.07) is 5.94. The smallest absolute Gasteiger partial charge is 0.409 e. The first-order valence-electron chi connectivity index (χ1n) is 7.81. The number of carbonyl (C=O) groups excluding carboxylic acids is 2. The fourth-order valence-electron chi connectivity index (χ4n) is 2.75. The van der Waals surface area contributed by atoms with Crippen molar-refractivity contribution in [1.29, 1.82) is 0 Å². The maximum absolute atomic E-state index is 12.3. The molecule has 0 bridgehead atoms. The molecule has 0 unspecified atom stereocenters. The van der Waals surface area contributed by atoms with Crippen LogP contribution in [0.4, 0.5) is 4.79 Å². The van der Waals surface area contributed by atoms with E-state index in [1.54, 1.807) is 11.8 Å². The zero-order chi connectivity index (χ0) is 16.1. The summed E-state index contributed by atoms with van der Waals surface area (Å²) in [7, 11) is 0. The summed E-state index contributed by atoms with van der Waals surface area (Å²) in [5.74, 6) is -0.0351. The first kappa shape index (κ1) is 16.3. The highest BCUT2D eigenvalue weighted by atomic mass is 16.6. The van der Waals surface area contributed by atoms with E-state index in [9.17, 15) is 9.59 Å². The predicted octanol–water partition coefficient (Wildman–Crippen LogP) is 2.65. The Hall–Kier alpha value is -2.04. The molecular formula is C17H24N2O3. The average molecular weight is 304 g/mol. The second kappa shape index (κ2) is 7.29. The van der Waals surface area contributed by atoms with Crippen molar-refractivity contribution in [3.63, 3.8) is 0 Å². The van der Waals surface area contributed by atoms with Crippen molar-refractivity contribution in [3.8, 4) is 0 Å². The minimum Gasteiger partial charge on any atom is -0.450 e. The van der Waals surface area contributed by atoms with E-state index in [1.165, 1.54) is 0 Å².